The van der Waals surface area contributed by atoms with E-state index in [1.54, 1.807) is 18.3 Å². The van der Waals surface area contributed by atoms with Crippen LogP contribution in [0.15, 0.2) is 18.3 Å². The molecule has 1 N–H and O–H groups in total. The number of aliphatic carboxylic acids is 1. The number of nitrogens with zero attached hydrogens (tertiary/aromatic N) is 3. The van der Waals surface area contributed by atoms with Gasteiger partial charge in [0, 0.05) is 25.8 Å². The number of amides is 1. The lowest BCUT2D eigenvalue weighted by Crippen LogP contribution is -2.40. The Bertz CT molecular complexity index is 529. The van der Waals surface area contributed by atoms with Crippen LogP contribution in [-0.4, -0.2) is 66.3 Å². The molecule has 0 saturated carbocycles. The molecule has 2 rings (SSSR count). The molecule has 1 aliphatic rings. The van der Waals surface area contributed by atoms with Crippen LogP contribution < -0.4 is 4.90 Å². The van der Waals surface area contributed by atoms with E-state index in [0.717, 1.165) is 0 Å². The average Bonchev–Trinajstić information content (AvgIpc) is 2.54. The first-order valence-electron chi connectivity index (χ1n) is 7.42. The number of pyridine rings is 1. The zero-order chi connectivity index (χ0) is 15.9. The largest absolute Gasteiger partial charge is 0.480 e. The lowest BCUT2D eigenvalue weighted by atomic mass is 10.2. The van der Waals surface area contributed by atoms with Crippen LogP contribution in [0.4, 0.5) is 5.82 Å². The molecule has 0 radical (unpaired) electrons. The molecule has 1 saturated heterocycles. The monoisotopic (exact) mass is 307 g/mol. The van der Waals surface area contributed by atoms with Crippen molar-refractivity contribution in [1.29, 1.82) is 0 Å². The summed E-state index contributed by atoms with van der Waals surface area (Å²) in [6.07, 6.45) is 2.34. The Balaban J connectivity index is 2.25. The Labute approximate surface area is 129 Å². The van der Waals surface area contributed by atoms with E-state index < -0.39 is 5.97 Å². The number of aromatic nitrogens is 1. The molecule has 0 unspecified atom stereocenters. The number of carbonyl (C=O) groups is 2. The van der Waals surface area contributed by atoms with E-state index in [0.29, 0.717) is 50.7 Å². The van der Waals surface area contributed by atoms with Gasteiger partial charge in [0.1, 0.15) is 12.4 Å². The van der Waals surface area contributed by atoms with Crippen molar-refractivity contribution in [2.24, 2.45) is 0 Å². The van der Waals surface area contributed by atoms with Gasteiger partial charge in [0.15, 0.2) is 0 Å². The highest BCUT2D eigenvalue weighted by atomic mass is 16.5. The molecule has 0 bridgehead atoms. The quantitative estimate of drug-likeness (QED) is 0.839. The van der Waals surface area contributed by atoms with E-state index in [-0.39, 0.29) is 12.5 Å². The van der Waals surface area contributed by atoms with E-state index in [9.17, 15) is 9.59 Å². The summed E-state index contributed by atoms with van der Waals surface area (Å²) in [6.45, 7) is 4.55. The normalized spacial score (nSPS) is 14.7. The number of carbonyl (C=O) groups excluding carboxylic acids is 1. The molecule has 0 aromatic carbocycles. The molecule has 22 heavy (non-hydrogen) atoms. The van der Waals surface area contributed by atoms with Crippen molar-refractivity contribution < 1.29 is 19.4 Å². The van der Waals surface area contributed by atoms with Crippen molar-refractivity contribution in [1.82, 2.24) is 9.88 Å². The van der Waals surface area contributed by atoms with Crippen molar-refractivity contribution in [3.63, 3.8) is 0 Å². The molecule has 1 fully saturated rings. The first-order valence-corrected chi connectivity index (χ1v) is 7.42. The zero-order valence-electron chi connectivity index (χ0n) is 12.7. The smallest absolute Gasteiger partial charge is 0.323 e. The van der Waals surface area contributed by atoms with Gasteiger partial charge in [-0.2, -0.15) is 0 Å². The molecular weight excluding hydrogens is 286 g/mol. The number of hydrogen-bond acceptors (Lipinski definition) is 5. The summed E-state index contributed by atoms with van der Waals surface area (Å²) in [5, 5.41) is 8.99. The highest BCUT2D eigenvalue weighted by molar-refractivity contribution is 6.00. The van der Waals surface area contributed by atoms with Gasteiger partial charge in [-0.05, 0) is 18.6 Å². The Hall–Kier alpha value is -2.15. The van der Waals surface area contributed by atoms with E-state index in [1.165, 1.54) is 4.90 Å². The maximum atomic E-state index is 12.7. The van der Waals surface area contributed by atoms with Gasteiger partial charge >= 0.3 is 5.97 Å². The van der Waals surface area contributed by atoms with Gasteiger partial charge in [0.2, 0.25) is 0 Å². The van der Waals surface area contributed by atoms with E-state index in [1.807, 2.05) is 11.8 Å². The van der Waals surface area contributed by atoms with Crippen LogP contribution in [0.3, 0.4) is 0 Å². The van der Waals surface area contributed by atoms with Crippen molar-refractivity contribution >= 4 is 17.7 Å². The molecule has 7 nitrogen and oxygen atoms in total. The number of morpholine rings is 1. The van der Waals surface area contributed by atoms with Gasteiger partial charge in [-0.3, -0.25) is 9.59 Å². The third-order valence-corrected chi connectivity index (χ3v) is 3.43. The lowest BCUT2D eigenvalue weighted by Gasteiger charge is -2.30. The van der Waals surface area contributed by atoms with E-state index in [2.05, 4.69) is 4.98 Å². The maximum absolute atomic E-state index is 12.7. The molecule has 0 aliphatic carbocycles. The molecule has 1 aliphatic heterocycles. The van der Waals surface area contributed by atoms with Gasteiger partial charge in [-0.15, -0.1) is 0 Å². The molecule has 1 aromatic heterocycles. The van der Waals surface area contributed by atoms with Gasteiger partial charge in [-0.25, -0.2) is 4.98 Å². The van der Waals surface area contributed by atoms with Gasteiger partial charge in [0.25, 0.3) is 5.91 Å². The third kappa shape index (κ3) is 3.94. The zero-order valence-corrected chi connectivity index (χ0v) is 12.7. The van der Waals surface area contributed by atoms with E-state index in [4.69, 9.17) is 9.84 Å². The predicted molar refractivity (Wildman–Crippen MR) is 81.1 cm³/mol. The summed E-state index contributed by atoms with van der Waals surface area (Å²) in [6, 6.07) is 3.40. The Kier molecular flexibility index (Phi) is 5.71. The van der Waals surface area contributed by atoms with Crippen molar-refractivity contribution in [3.8, 4) is 0 Å². The average molecular weight is 307 g/mol. The molecule has 0 spiro atoms. The summed E-state index contributed by atoms with van der Waals surface area (Å²) >= 11 is 0. The highest BCUT2D eigenvalue weighted by Crippen LogP contribution is 2.20. The van der Waals surface area contributed by atoms with Gasteiger partial charge in [-0.1, -0.05) is 6.92 Å². The third-order valence-electron chi connectivity index (χ3n) is 3.43. The summed E-state index contributed by atoms with van der Waals surface area (Å²) < 4.78 is 5.32. The standard InChI is InChI=1S/C15H21N3O4/c1-2-6-18(11-13(19)20)15(21)12-4-3-5-16-14(12)17-7-9-22-10-8-17/h3-5H,2,6-11H2,1H3,(H,19,20). The number of carboxylic acids is 1. The second-order valence-electron chi connectivity index (χ2n) is 5.09. The Morgan fingerprint density at radius 2 is 2.14 bits per heavy atom. The molecule has 1 aromatic rings. The molecule has 120 valence electrons. The van der Waals surface area contributed by atoms with Gasteiger partial charge in [0.05, 0.1) is 18.8 Å². The summed E-state index contributed by atoms with van der Waals surface area (Å²) in [5.41, 5.74) is 0.444. The Morgan fingerprint density at radius 1 is 1.41 bits per heavy atom. The highest BCUT2D eigenvalue weighted by Gasteiger charge is 2.24. The van der Waals surface area contributed by atoms with Crippen molar-refractivity contribution in [2.75, 3.05) is 44.3 Å². The maximum Gasteiger partial charge on any atom is 0.323 e. The predicted octanol–water partition coefficient (Wildman–Crippen LogP) is 0.855. The fourth-order valence-corrected chi connectivity index (χ4v) is 2.45. The Morgan fingerprint density at radius 3 is 2.77 bits per heavy atom. The first kappa shape index (κ1) is 16.2. The minimum absolute atomic E-state index is 0.293. The number of carboxylic acid groups (broad SMARTS) is 1. The number of ether oxygens (including phenoxy) is 1. The number of anilines is 1. The first-order chi connectivity index (χ1) is 10.6. The second-order valence-corrected chi connectivity index (χ2v) is 5.09. The van der Waals surface area contributed by atoms with Crippen molar-refractivity contribution in [3.05, 3.63) is 23.9 Å². The van der Waals surface area contributed by atoms with Crippen LogP contribution in [0.2, 0.25) is 0 Å². The molecule has 0 atom stereocenters. The summed E-state index contributed by atoms with van der Waals surface area (Å²) in [5.74, 6) is -0.709. The van der Waals surface area contributed by atoms with Crippen LogP contribution in [-0.2, 0) is 9.53 Å². The fourth-order valence-electron chi connectivity index (χ4n) is 2.45. The van der Waals surface area contributed by atoms with Crippen LogP contribution in [0.1, 0.15) is 23.7 Å². The minimum atomic E-state index is -1.02. The van der Waals surface area contributed by atoms with Crippen LogP contribution in [0.25, 0.3) is 0 Å². The molecule has 2 heterocycles. The minimum Gasteiger partial charge on any atom is -0.480 e. The summed E-state index contributed by atoms with van der Waals surface area (Å²) in [7, 11) is 0. The van der Waals surface area contributed by atoms with Crippen molar-refractivity contribution in [2.45, 2.75) is 13.3 Å². The number of hydrogen-bond donors (Lipinski definition) is 1. The number of rotatable bonds is 6. The lowest BCUT2D eigenvalue weighted by molar-refractivity contribution is -0.137. The van der Waals surface area contributed by atoms with Crippen LogP contribution in [0.5, 0.6) is 0 Å². The van der Waals surface area contributed by atoms with Crippen LogP contribution in [0, 0.1) is 0 Å². The summed E-state index contributed by atoms with van der Waals surface area (Å²) in [4.78, 5) is 31.3. The van der Waals surface area contributed by atoms with E-state index >= 15 is 0 Å². The second kappa shape index (κ2) is 7.74. The fraction of sp³-hybridized carbons (Fsp3) is 0.533. The molecule has 1 amide bonds. The van der Waals surface area contributed by atoms with Gasteiger partial charge < -0.3 is 19.6 Å². The molecular formula is C15H21N3O4. The SMILES string of the molecule is CCCN(CC(=O)O)C(=O)c1cccnc1N1CCOCC1. The molecule has 7 heteroatoms. The van der Waals surface area contributed by atoms with Crippen LogP contribution >= 0.6 is 0 Å². The topological polar surface area (TPSA) is 83.0 Å².